The van der Waals surface area contributed by atoms with E-state index in [1.165, 1.54) is 28.4 Å². The summed E-state index contributed by atoms with van der Waals surface area (Å²) in [6, 6.07) is 0. The van der Waals surface area contributed by atoms with Gasteiger partial charge in [-0.3, -0.25) is 0 Å². The summed E-state index contributed by atoms with van der Waals surface area (Å²) in [7, 11) is 5.97. The molecule has 0 amide bonds. The van der Waals surface area contributed by atoms with Crippen molar-refractivity contribution in [2.75, 3.05) is 41.7 Å². The Morgan fingerprint density at radius 1 is 0.773 bits per heavy atom. The van der Waals surface area contributed by atoms with Crippen LogP contribution in [0.2, 0.25) is 0 Å². The van der Waals surface area contributed by atoms with Crippen LogP contribution in [-0.4, -0.2) is 41.7 Å². The fourth-order valence-corrected chi connectivity index (χ4v) is 2.73. The van der Waals surface area contributed by atoms with Crippen LogP contribution in [-0.2, 0) is 19.6 Å². The number of ether oxygens (including phenoxy) is 4. The third-order valence-corrected chi connectivity index (χ3v) is 3.70. The molecule has 8 nitrogen and oxygen atoms in total. The number of benzene rings is 1. The quantitative estimate of drug-likeness (QED) is 0.720. The van der Waals surface area contributed by atoms with Crippen molar-refractivity contribution in [1.82, 2.24) is 0 Å². The maximum atomic E-state index is 5.42. The lowest BCUT2D eigenvalue weighted by molar-refractivity contribution is -0.430. The Kier molecular flexibility index (Phi) is 6.09. The fourth-order valence-electron chi connectivity index (χ4n) is 2.02. The predicted molar refractivity (Wildman–Crippen MR) is 77.2 cm³/mol. The highest BCUT2D eigenvalue weighted by Gasteiger charge is 2.33. The standard InChI is InChI=1S/C13H17BrO8/c1-15-9-7(13-21-19-5-6-20-22-13)8(14)10(16-2)12(18-4)11(9)17-3/h13H,5-6H2,1-4H3. The van der Waals surface area contributed by atoms with Gasteiger partial charge in [-0.25, -0.2) is 9.78 Å². The smallest absolute Gasteiger partial charge is 0.254 e. The number of rotatable bonds is 5. The van der Waals surface area contributed by atoms with Gasteiger partial charge in [0.1, 0.15) is 13.2 Å². The second-order valence-electron chi connectivity index (χ2n) is 4.03. The van der Waals surface area contributed by atoms with Crippen LogP contribution in [0.1, 0.15) is 11.9 Å². The summed E-state index contributed by atoms with van der Waals surface area (Å²) in [5, 5.41) is 0. The van der Waals surface area contributed by atoms with Crippen LogP contribution in [0, 0.1) is 0 Å². The molecule has 9 heteroatoms. The van der Waals surface area contributed by atoms with Crippen molar-refractivity contribution in [2.45, 2.75) is 6.29 Å². The summed E-state index contributed by atoms with van der Waals surface area (Å²) in [4.78, 5) is 20.3. The molecule has 1 aliphatic heterocycles. The van der Waals surface area contributed by atoms with Crippen molar-refractivity contribution in [2.24, 2.45) is 0 Å². The molecule has 1 fully saturated rings. The van der Waals surface area contributed by atoms with Gasteiger partial charge in [0.25, 0.3) is 6.29 Å². The lowest BCUT2D eigenvalue weighted by Gasteiger charge is -2.23. The van der Waals surface area contributed by atoms with E-state index < -0.39 is 6.29 Å². The van der Waals surface area contributed by atoms with Gasteiger partial charge in [0.2, 0.25) is 11.5 Å². The molecule has 1 heterocycles. The van der Waals surface area contributed by atoms with E-state index in [-0.39, 0.29) is 13.2 Å². The highest BCUT2D eigenvalue weighted by Crippen LogP contribution is 2.54. The topological polar surface area (TPSA) is 73.8 Å². The van der Waals surface area contributed by atoms with E-state index in [9.17, 15) is 0 Å². The second kappa shape index (κ2) is 7.84. The van der Waals surface area contributed by atoms with Gasteiger partial charge < -0.3 is 18.9 Å². The van der Waals surface area contributed by atoms with Crippen LogP contribution in [0.15, 0.2) is 4.47 Å². The molecule has 1 saturated heterocycles. The summed E-state index contributed by atoms with van der Waals surface area (Å²) in [5.41, 5.74) is 0.443. The van der Waals surface area contributed by atoms with Crippen molar-refractivity contribution in [3.8, 4) is 23.0 Å². The number of hydrogen-bond acceptors (Lipinski definition) is 8. The molecule has 0 N–H and O–H groups in total. The molecule has 0 unspecified atom stereocenters. The Hall–Kier alpha value is -1.26. The van der Waals surface area contributed by atoms with Crippen molar-refractivity contribution in [3.05, 3.63) is 10.0 Å². The SMILES string of the molecule is COc1c(Br)c(C2OOCCOO2)c(OC)c(OC)c1OC. The summed E-state index contributed by atoms with van der Waals surface area (Å²) < 4.78 is 22.0. The molecule has 124 valence electrons. The number of methoxy groups -OCH3 is 4. The van der Waals surface area contributed by atoms with E-state index in [4.69, 9.17) is 38.5 Å². The first-order valence-electron chi connectivity index (χ1n) is 6.31. The van der Waals surface area contributed by atoms with Crippen LogP contribution in [0.4, 0.5) is 0 Å². The molecule has 1 aromatic rings. The lowest BCUT2D eigenvalue weighted by atomic mass is 10.1. The zero-order chi connectivity index (χ0) is 16.1. The Morgan fingerprint density at radius 2 is 1.23 bits per heavy atom. The summed E-state index contributed by atoms with van der Waals surface area (Å²) in [5.74, 6) is 1.43. The maximum absolute atomic E-state index is 5.42. The minimum absolute atomic E-state index is 0.237. The van der Waals surface area contributed by atoms with Crippen molar-refractivity contribution >= 4 is 15.9 Å². The zero-order valence-corrected chi connectivity index (χ0v) is 14.2. The van der Waals surface area contributed by atoms with E-state index in [0.717, 1.165) is 0 Å². The van der Waals surface area contributed by atoms with Crippen LogP contribution in [0.5, 0.6) is 23.0 Å². The molecule has 0 aliphatic carbocycles. The van der Waals surface area contributed by atoms with Crippen molar-refractivity contribution < 1.29 is 38.5 Å². The third kappa shape index (κ3) is 3.08. The van der Waals surface area contributed by atoms with Gasteiger partial charge in [-0.2, -0.15) is 9.78 Å². The van der Waals surface area contributed by atoms with Gasteiger partial charge in [-0.05, 0) is 15.9 Å². The van der Waals surface area contributed by atoms with Gasteiger partial charge in [0.15, 0.2) is 11.5 Å². The number of halogens is 1. The van der Waals surface area contributed by atoms with Crippen LogP contribution >= 0.6 is 15.9 Å². The first-order valence-corrected chi connectivity index (χ1v) is 7.10. The van der Waals surface area contributed by atoms with E-state index in [1.54, 1.807) is 0 Å². The average molecular weight is 381 g/mol. The van der Waals surface area contributed by atoms with E-state index in [0.29, 0.717) is 33.0 Å². The minimum atomic E-state index is -1.000. The summed E-state index contributed by atoms with van der Waals surface area (Å²) >= 11 is 3.44. The first kappa shape index (κ1) is 17.1. The summed E-state index contributed by atoms with van der Waals surface area (Å²) in [6.45, 7) is 0.474. The number of hydrogen-bond donors (Lipinski definition) is 0. The molecule has 0 radical (unpaired) electrons. The molecule has 0 aromatic heterocycles. The van der Waals surface area contributed by atoms with Crippen molar-refractivity contribution in [1.29, 1.82) is 0 Å². The van der Waals surface area contributed by atoms with Gasteiger partial charge in [-0.15, -0.1) is 0 Å². The predicted octanol–water partition coefficient (Wildman–Crippen LogP) is 2.39. The van der Waals surface area contributed by atoms with Gasteiger partial charge in [-0.1, -0.05) is 0 Å². The van der Waals surface area contributed by atoms with Gasteiger partial charge >= 0.3 is 0 Å². The highest BCUT2D eigenvalue weighted by molar-refractivity contribution is 9.10. The largest absolute Gasteiger partial charge is 0.492 e. The minimum Gasteiger partial charge on any atom is -0.492 e. The van der Waals surface area contributed by atoms with Gasteiger partial charge in [0, 0.05) is 0 Å². The molecule has 0 saturated carbocycles. The van der Waals surface area contributed by atoms with E-state index in [2.05, 4.69) is 15.9 Å². The van der Waals surface area contributed by atoms with Crippen LogP contribution in [0.25, 0.3) is 0 Å². The van der Waals surface area contributed by atoms with E-state index in [1.807, 2.05) is 0 Å². The first-order chi connectivity index (χ1) is 10.7. The molecular formula is C13H17BrO8. The fraction of sp³-hybridized carbons (Fsp3) is 0.538. The Labute approximate surface area is 136 Å². The lowest BCUT2D eigenvalue weighted by Crippen LogP contribution is -2.11. The Morgan fingerprint density at radius 3 is 1.68 bits per heavy atom. The molecule has 2 rings (SSSR count). The van der Waals surface area contributed by atoms with Crippen LogP contribution < -0.4 is 18.9 Å². The Bertz CT molecular complexity index is 513. The molecule has 0 bridgehead atoms. The van der Waals surface area contributed by atoms with Crippen LogP contribution in [0.3, 0.4) is 0 Å². The molecule has 1 aromatic carbocycles. The third-order valence-electron chi connectivity index (χ3n) is 2.91. The highest BCUT2D eigenvalue weighted by atomic mass is 79.9. The van der Waals surface area contributed by atoms with Crippen molar-refractivity contribution in [3.63, 3.8) is 0 Å². The van der Waals surface area contributed by atoms with E-state index >= 15 is 0 Å². The molecule has 22 heavy (non-hydrogen) atoms. The Balaban J connectivity index is 2.64. The maximum Gasteiger partial charge on any atom is 0.254 e. The molecule has 0 atom stereocenters. The monoisotopic (exact) mass is 380 g/mol. The molecule has 1 aliphatic rings. The average Bonchev–Trinajstić information content (AvgIpc) is 2.82. The summed E-state index contributed by atoms with van der Waals surface area (Å²) in [6.07, 6.45) is -1.000. The normalized spacial score (nSPS) is 16.0. The zero-order valence-electron chi connectivity index (χ0n) is 12.6. The second-order valence-corrected chi connectivity index (χ2v) is 4.82. The molecular weight excluding hydrogens is 364 g/mol. The van der Waals surface area contributed by atoms with Gasteiger partial charge in [0.05, 0.1) is 38.5 Å². The molecule has 0 spiro atoms.